The Morgan fingerprint density at radius 3 is 2.15 bits per heavy atom. The van der Waals surface area contributed by atoms with Crippen LogP contribution >= 0.6 is 11.8 Å². The minimum atomic E-state index is -4.42. The quantitative estimate of drug-likeness (QED) is 0.807. The first-order valence-corrected chi connectivity index (χ1v) is 6.95. The molecule has 2 aromatic rings. The van der Waals surface area contributed by atoms with Crippen molar-refractivity contribution in [2.75, 3.05) is 5.73 Å². The summed E-state index contributed by atoms with van der Waals surface area (Å²) in [5, 5.41) is 0. The first kappa shape index (κ1) is 14.8. The summed E-state index contributed by atoms with van der Waals surface area (Å²) in [6.07, 6.45) is -3.49. The van der Waals surface area contributed by atoms with E-state index in [1.807, 2.05) is 24.3 Å². The number of hydrogen-bond acceptors (Lipinski definition) is 2. The standard InChI is InChI=1S/C15H14F3NS/c1-2-10-3-5-11(6-4-10)20-12-7-8-14(19)13(9-12)15(16,17)18/h3-9H,2,19H2,1H3. The second-order valence-corrected chi connectivity index (χ2v) is 5.49. The van der Waals surface area contributed by atoms with Gasteiger partial charge < -0.3 is 5.73 Å². The molecule has 0 aliphatic carbocycles. The molecule has 2 rings (SSSR count). The molecule has 0 aromatic heterocycles. The van der Waals surface area contributed by atoms with Crippen LogP contribution in [-0.4, -0.2) is 0 Å². The first-order chi connectivity index (χ1) is 9.40. The van der Waals surface area contributed by atoms with Crippen LogP contribution in [-0.2, 0) is 12.6 Å². The Hall–Kier alpha value is -1.62. The van der Waals surface area contributed by atoms with Gasteiger partial charge in [-0.15, -0.1) is 0 Å². The molecule has 5 heteroatoms. The molecule has 0 bridgehead atoms. The van der Waals surface area contributed by atoms with Crippen molar-refractivity contribution in [1.29, 1.82) is 0 Å². The maximum atomic E-state index is 12.8. The van der Waals surface area contributed by atoms with Crippen LogP contribution in [0.5, 0.6) is 0 Å². The minimum Gasteiger partial charge on any atom is -0.398 e. The second-order valence-electron chi connectivity index (χ2n) is 4.35. The molecule has 0 radical (unpaired) electrons. The molecule has 0 amide bonds. The third kappa shape index (κ3) is 3.48. The largest absolute Gasteiger partial charge is 0.418 e. The maximum absolute atomic E-state index is 12.8. The van der Waals surface area contributed by atoms with E-state index >= 15 is 0 Å². The van der Waals surface area contributed by atoms with E-state index in [0.29, 0.717) is 4.90 Å². The van der Waals surface area contributed by atoms with Gasteiger partial charge in [0.2, 0.25) is 0 Å². The number of anilines is 1. The van der Waals surface area contributed by atoms with Crippen molar-refractivity contribution < 1.29 is 13.2 Å². The number of nitrogen functional groups attached to an aromatic ring is 1. The number of benzene rings is 2. The van der Waals surface area contributed by atoms with E-state index in [0.717, 1.165) is 17.4 Å². The highest BCUT2D eigenvalue weighted by molar-refractivity contribution is 7.99. The molecule has 0 heterocycles. The topological polar surface area (TPSA) is 26.0 Å². The van der Waals surface area contributed by atoms with Crippen LogP contribution in [0.15, 0.2) is 52.3 Å². The Bertz CT molecular complexity index is 591. The lowest BCUT2D eigenvalue weighted by atomic mass is 10.2. The molecule has 0 aliphatic rings. The van der Waals surface area contributed by atoms with Gasteiger partial charge in [-0.2, -0.15) is 13.2 Å². The van der Waals surface area contributed by atoms with E-state index in [1.165, 1.54) is 23.4 Å². The van der Waals surface area contributed by atoms with E-state index in [2.05, 4.69) is 6.92 Å². The van der Waals surface area contributed by atoms with Gasteiger partial charge in [-0.05, 0) is 42.3 Å². The van der Waals surface area contributed by atoms with E-state index in [9.17, 15) is 13.2 Å². The average Bonchev–Trinajstić information content (AvgIpc) is 2.40. The molecule has 2 aromatic carbocycles. The Morgan fingerprint density at radius 2 is 1.60 bits per heavy atom. The summed E-state index contributed by atoms with van der Waals surface area (Å²) in [6, 6.07) is 11.8. The Morgan fingerprint density at radius 1 is 1.00 bits per heavy atom. The summed E-state index contributed by atoms with van der Waals surface area (Å²) in [6.45, 7) is 2.05. The zero-order valence-electron chi connectivity index (χ0n) is 10.9. The summed E-state index contributed by atoms with van der Waals surface area (Å²) in [5.74, 6) is 0. The minimum absolute atomic E-state index is 0.247. The first-order valence-electron chi connectivity index (χ1n) is 6.13. The van der Waals surface area contributed by atoms with E-state index in [-0.39, 0.29) is 5.69 Å². The van der Waals surface area contributed by atoms with Crippen LogP contribution < -0.4 is 5.73 Å². The van der Waals surface area contributed by atoms with Gasteiger partial charge in [-0.3, -0.25) is 0 Å². The van der Waals surface area contributed by atoms with Gasteiger partial charge in [-0.1, -0.05) is 30.8 Å². The lowest BCUT2D eigenvalue weighted by Gasteiger charge is -2.11. The van der Waals surface area contributed by atoms with Gasteiger partial charge in [0.15, 0.2) is 0 Å². The van der Waals surface area contributed by atoms with Crippen molar-refractivity contribution in [3.63, 3.8) is 0 Å². The fourth-order valence-electron chi connectivity index (χ4n) is 1.77. The summed E-state index contributed by atoms with van der Waals surface area (Å²) in [7, 11) is 0. The van der Waals surface area contributed by atoms with Crippen LogP contribution in [0.25, 0.3) is 0 Å². The summed E-state index contributed by atoms with van der Waals surface area (Å²) >= 11 is 1.29. The van der Waals surface area contributed by atoms with Crippen LogP contribution in [0.1, 0.15) is 18.1 Å². The third-order valence-electron chi connectivity index (χ3n) is 2.90. The molecule has 2 N–H and O–H groups in total. The zero-order chi connectivity index (χ0) is 14.8. The molecule has 0 saturated carbocycles. The van der Waals surface area contributed by atoms with Crippen LogP contribution in [0.4, 0.5) is 18.9 Å². The number of alkyl halides is 3. The number of halogens is 3. The molecule has 0 unspecified atom stereocenters. The van der Waals surface area contributed by atoms with Crippen molar-refractivity contribution in [1.82, 2.24) is 0 Å². The fourth-order valence-corrected chi connectivity index (χ4v) is 2.63. The highest BCUT2D eigenvalue weighted by atomic mass is 32.2. The smallest absolute Gasteiger partial charge is 0.398 e. The fraction of sp³-hybridized carbons (Fsp3) is 0.200. The summed E-state index contributed by atoms with van der Waals surface area (Å²) in [4.78, 5) is 1.43. The van der Waals surface area contributed by atoms with Crippen LogP contribution in [0, 0.1) is 0 Å². The van der Waals surface area contributed by atoms with Crippen LogP contribution in [0.2, 0.25) is 0 Å². The molecule has 0 fully saturated rings. The van der Waals surface area contributed by atoms with E-state index in [1.54, 1.807) is 6.07 Å². The second kappa shape index (κ2) is 5.79. The van der Waals surface area contributed by atoms with Gasteiger partial charge in [0.05, 0.1) is 5.56 Å². The van der Waals surface area contributed by atoms with Crippen molar-refractivity contribution in [3.8, 4) is 0 Å². The number of hydrogen-bond donors (Lipinski definition) is 1. The lowest BCUT2D eigenvalue weighted by Crippen LogP contribution is -2.08. The molecular weight excluding hydrogens is 283 g/mol. The van der Waals surface area contributed by atoms with Crippen molar-refractivity contribution in [3.05, 3.63) is 53.6 Å². The van der Waals surface area contributed by atoms with Gasteiger partial charge in [0, 0.05) is 15.5 Å². The number of rotatable bonds is 3. The normalized spacial score (nSPS) is 11.6. The van der Waals surface area contributed by atoms with Gasteiger partial charge in [0.25, 0.3) is 0 Å². The van der Waals surface area contributed by atoms with Gasteiger partial charge >= 0.3 is 6.18 Å². The Kier molecular flexibility index (Phi) is 4.28. The SMILES string of the molecule is CCc1ccc(Sc2ccc(N)c(C(F)(F)F)c2)cc1. The highest BCUT2D eigenvalue weighted by Crippen LogP contribution is 2.37. The van der Waals surface area contributed by atoms with E-state index < -0.39 is 11.7 Å². The number of aryl methyl sites for hydroxylation is 1. The average molecular weight is 297 g/mol. The molecular formula is C15H14F3NS. The summed E-state index contributed by atoms with van der Waals surface area (Å²) < 4.78 is 38.3. The molecule has 106 valence electrons. The predicted molar refractivity (Wildman–Crippen MR) is 75.8 cm³/mol. The molecule has 20 heavy (non-hydrogen) atoms. The van der Waals surface area contributed by atoms with Crippen molar-refractivity contribution in [2.45, 2.75) is 29.3 Å². The molecule has 0 aliphatic heterocycles. The molecule has 0 saturated heterocycles. The van der Waals surface area contributed by atoms with Gasteiger partial charge in [-0.25, -0.2) is 0 Å². The highest BCUT2D eigenvalue weighted by Gasteiger charge is 2.33. The Balaban J connectivity index is 2.25. The monoisotopic (exact) mass is 297 g/mol. The van der Waals surface area contributed by atoms with Crippen molar-refractivity contribution in [2.24, 2.45) is 0 Å². The maximum Gasteiger partial charge on any atom is 0.418 e. The van der Waals surface area contributed by atoms with Gasteiger partial charge in [0.1, 0.15) is 0 Å². The zero-order valence-corrected chi connectivity index (χ0v) is 11.7. The lowest BCUT2D eigenvalue weighted by molar-refractivity contribution is -0.137. The van der Waals surface area contributed by atoms with Crippen LogP contribution in [0.3, 0.4) is 0 Å². The van der Waals surface area contributed by atoms with Crippen molar-refractivity contribution >= 4 is 17.4 Å². The number of nitrogens with two attached hydrogens (primary N) is 1. The predicted octanol–water partition coefficient (Wildman–Crippen LogP) is 5.00. The molecule has 0 spiro atoms. The molecule has 0 atom stereocenters. The third-order valence-corrected chi connectivity index (χ3v) is 3.89. The Labute approximate surface area is 120 Å². The summed E-state index contributed by atoms with van der Waals surface area (Å²) in [5.41, 5.74) is 5.54. The molecule has 1 nitrogen and oxygen atoms in total. The van der Waals surface area contributed by atoms with E-state index in [4.69, 9.17) is 5.73 Å².